The minimum atomic E-state index is -0.152. The average Bonchev–Trinajstić information content (AvgIpc) is 2.66. The molecule has 1 aromatic carbocycles. The highest BCUT2D eigenvalue weighted by Gasteiger charge is 2.36. The van der Waals surface area contributed by atoms with Gasteiger partial charge < -0.3 is 5.32 Å². The van der Waals surface area contributed by atoms with Crippen molar-refractivity contribution in [2.24, 2.45) is 5.41 Å². The lowest BCUT2D eigenvalue weighted by Gasteiger charge is -2.22. The van der Waals surface area contributed by atoms with E-state index in [9.17, 15) is 4.79 Å². The summed E-state index contributed by atoms with van der Waals surface area (Å²) >= 11 is 2.25. The molecule has 0 saturated heterocycles. The van der Waals surface area contributed by atoms with Gasteiger partial charge in [0.15, 0.2) is 0 Å². The first-order valence-corrected chi connectivity index (χ1v) is 6.75. The smallest absolute Gasteiger partial charge is 0.230 e. The zero-order chi connectivity index (χ0) is 11.6. The number of halogens is 1. The molecule has 0 bridgehead atoms. The van der Waals surface area contributed by atoms with Gasteiger partial charge in [0.05, 0.1) is 0 Å². The van der Waals surface area contributed by atoms with Gasteiger partial charge in [-0.2, -0.15) is 0 Å². The molecule has 16 heavy (non-hydrogen) atoms. The molecule has 0 heterocycles. The van der Waals surface area contributed by atoms with E-state index in [0.29, 0.717) is 0 Å². The lowest BCUT2D eigenvalue weighted by Crippen LogP contribution is -2.30. The second kappa shape index (κ2) is 4.73. The van der Waals surface area contributed by atoms with Gasteiger partial charge >= 0.3 is 0 Å². The van der Waals surface area contributed by atoms with Gasteiger partial charge in [-0.25, -0.2) is 0 Å². The Labute approximate surface area is 110 Å². The SMILES string of the molecule is CC1(C(=O)Nc2cccc(I)c2)CCCC1. The standard InChI is InChI=1S/C13H16INO/c1-13(7-2-3-8-13)12(16)15-11-6-4-5-10(14)9-11/h4-6,9H,2-3,7-8H2,1H3,(H,15,16). The van der Waals surface area contributed by atoms with Crippen LogP contribution in [0.1, 0.15) is 32.6 Å². The molecule has 0 radical (unpaired) electrons. The number of amides is 1. The van der Waals surface area contributed by atoms with Crippen LogP contribution in [0.2, 0.25) is 0 Å². The van der Waals surface area contributed by atoms with E-state index >= 15 is 0 Å². The van der Waals surface area contributed by atoms with Crippen LogP contribution in [0, 0.1) is 8.99 Å². The number of anilines is 1. The van der Waals surface area contributed by atoms with E-state index in [0.717, 1.165) is 22.1 Å². The maximum absolute atomic E-state index is 12.1. The maximum atomic E-state index is 12.1. The Morgan fingerprint density at radius 2 is 2.06 bits per heavy atom. The Balaban J connectivity index is 2.07. The lowest BCUT2D eigenvalue weighted by molar-refractivity contribution is -0.124. The Bertz CT molecular complexity index is 397. The van der Waals surface area contributed by atoms with Crippen LogP contribution < -0.4 is 5.32 Å². The fourth-order valence-corrected chi connectivity index (χ4v) is 2.77. The summed E-state index contributed by atoms with van der Waals surface area (Å²) in [5.74, 6) is 0.173. The molecule has 1 fully saturated rings. The van der Waals surface area contributed by atoms with Gasteiger partial charge in [0.1, 0.15) is 0 Å². The van der Waals surface area contributed by atoms with Gasteiger partial charge in [0.25, 0.3) is 0 Å². The van der Waals surface area contributed by atoms with Crippen molar-refractivity contribution >= 4 is 34.2 Å². The highest BCUT2D eigenvalue weighted by atomic mass is 127. The molecule has 1 aromatic rings. The molecule has 0 aliphatic heterocycles. The number of benzene rings is 1. The fraction of sp³-hybridized carbons (Fsp3) is 0.462. The van der Waals surface area contributed by atoms with E-state index in [1.807, 2.05) is 24.3 Å². The van der Waals surface area contributed by atoms with E-state index in [-0.39, 0.29) is 11.3 Å². The molecule has 1 amide bonds. The monoisotopic (exact) mass is 329 g/mol. The van der Waals surface area contributed by atoms with Crippen molar-refractivity contribution in [2.75, 3.05) is 5.32 Å². The third-order valence-corrected chi connectivity index (χ3v) is 4.01. The van der Waals surface area contributed by atoms with Gasteiger partial charge in [-0.3, -0.25) is 4.79 Å². The molecule has 3 heteroatoms. The van der Waals surface area contributed by atoms with Crippen LogP contribution in [-0.2, 0) is 4.79 Å². The van der Waals surface area contributed by atoms with E-state index in [1.54, 1.807) is 0 Å². The zero-order valence-corrected chi connectivity index (χ0v) is 11.6. The van der Waals surface area contributed by atoms with Crippen molar-refractivity contribution in [1.29, 1.82) is 0 Å². The van der Waals surface area contributed by atoms with Gasteiger partial charge in [-0.1, -0.05) is 25.8 Å². The normalized spacial score (nSPS) is 18.4. The fourth-order valence-electron chi connectivity index (χ4n) is 2.23. The second-order valence-corrected chi connectivity index (χ2v) is 5.98. The highest BCUT2D eigenvalue weighted by Crippen LogP contribution is 2.38. The molecule has 86 valence electrons. The van der Waals surface area contributed by atoms with Crippen LogP contribution in [0.15, 0.2) is 24.3 Å². The Morgan fingerprint density at radius 3 is 2.69 bits per heavy atom. The predicted molar refractivity (Wildman–Crippen MR) is 74.4 cm³/mol. The van der Waals surface area contributed by atoms with Gasteiger partial charge in [0, 0.05) is 14.7 Å². The number of hydrogen-bond donors (Lipinski definition) is 1. The molecular weight excluding hydrogens is 313 g/mol. The molecule has 2 rings (SSSR count). The third-order valence-electron chi connectivity index (χ3n) is 3.34. The average molecular weight is 329 g/mol. The second-order valence-electron chi connectivity index (χ2n) is 4.73. The molecule has 1 aliphatic carbocycles. The van der Waals surface area contributed by atoms with Crippen LogP contribution in [0.25, 0.3) is 0 Å². The van der Waals surface area contributed by atoms with Crippen LogP contribution in [-0.4, -0.2) is 5.91 Å². The van der Waals surface area contributed by atoms with E-state index in [2.05, 4.69) is 34.8 Å². The third kappa shape index (κ3) is 2.56. The highest BCUT2D eigenvalue weighted by molar-refractivity contribution is 14.1. The van der Waals surface area contributed by atoms with Crippen LogP contribution in [0.5, 0.6) is 0 Å². The first kappa shape index (κ1) is 11.9. The minimum Gasteiger partial charge on any atom is -0.326 e. The summed E-state index contributed by atoms with van der Waals surface area (Å²) in [6.07, 6.45) is 4.39. The summed E-state index contributed by atoms with van der Waals surface area (Å²) in [4.78, 5) is 12.1. The molecular formula is C13H16INO. The zero-order valence-electron chi connectivity index (χ0n) is 9.42. The molecule has 0 aromatic heterocycles. The Hall–Kier alpha value is -0.580. The van der Waals surface area contributed by atoms with E-state index < -0.39 is 0 Å². The number of carbonyl (C=O) groups excluding carboxylic acids is 1. The number of hydrogen-bond acceptors (Lipinski definition) is 1. The Morgan fingerprint density at radius 1 is 1.38 bits per heavy atom. The predicted octanol–water partition coefficient (Wildman–Crippen LogP) is 3.81. The van der Waals surface area contributed by atoms with Gasteiger partial charge in [-0.05, 0) is 53.6 Å². The minimum absolute atomic E-state index is 0.152. The van der Waals surface area contributed by atoms with Crippen LogP contribution in [0.4, 0.5) is 5.69 Å². The molecule has 2 nitrogen and oxygen atoms in total. The lowest BCUT2D eigenvalue weighted by atomic mass is 9.88. The van der Waals surface area contributed by atoms with Crippen molar-refractivity contribution in [3.63, 3.8) is 0 Å². The van der Waals surface area contributed by atoms with Crippen LogP contribution in [0.3, 0.4) is 0 Å². The van der Waals surface area contributed by atoms with Crippen molar-refractivity contribution in [3.05, 3.63) is 27.8 Å². The molecule has 1 saturated carbocycles. The summed E-state index contributed by atoms with van der Waals surface area (Å²) in [7, 11) is 0. The Kier molecular flexibility index (Phi) is 3.52. The van der Waals surface area contributed by atoms with Crippen LogP contribution >= 0.6 is 22.6 Å². The topological polar surface area (TPSA) is 29.1 Å². The van der Waals surface area contributed by atoms with Crippen molar-refractivity contribution in [2.45, 2.75) is 32.6 Å². The summed E-state index contributed by atoms with van der Waals surface area (Å²) < 4.78 is 1.15. The first-order valence-electron chi connectivity index (χ1n) is 5.67. The molecule has 1 N–H and O–H groups in total. The number of rotatable bonds is 2. The van der Waals surface area contributed by atoms with Gasteiger partial charge in [-0.15, -0.1) is 0 Å². The summed E-state index contributed by atoms with van der Waals surface area (Å²) in [5, 5.41) is 3.02. The largest absolute Gasteiger partial charge is 0.326 e. The first-order chi connectivity index (χ1) is 7.60. The molecule has 0 atom stereocenters. The van der Waals surface area contributed by atoms with E-state index in [4.69, 9.17) is 0 Å². The maximum Gasteiger partial charge on any atom is 0.230 e. The van der Waals surface area contributed by atoms with Crippen molar-refractivity contribution in [1.82, 2.24) is 0 Å². The molecule has 1 aliphatic rings. The number of nitrogens with one attached hydrogen (secondary N) is 1. The number of carbonyl (C=O) groups is 1. The van der Waals surface area contributed by atoms with Gasteiger partial charge in [0.2, 0.25) is 5.91 Å². The van der Waals surface area contributed by atoms with Crippen molar-refractivity contribution in [3.8, 4) is 0 Å². The summed E-state index contributed by atoms with van der Waals surface area (Å²) in [5.41, 5.74) is 0.756. The van der Waals surface area contributed by atoms with Crippen molar-refractivity contribution < 1.29 is 4.79 Å². The summed E-state index contributed by atoms with van der Waals surface area (Å²) in [6.45, 7) is 2.07. The molecule has 0 spiro atoms. The molecule has 0 unspecified atom stereocenters. The van der Waals surface area contributed by atoms with E-state index in [1.165, 1.54) is 12.8 Å². The quantitative estimate of drug-likeness (QED) is 0.822. The summed E-state index contributed by atoms with van der Waals surface area (Å²) in [6, 6.07) is 7.93.